The molecule has 1 aliphatic heterocycles. The fourth-order valence-corrected chi connectivity index (χ4v) is 5.39. The fraction of sp³-hybridized carbons (Fsp3) is 0.318. The van der Waals surface area contributed by atoms with Crippen molar-refractivity contribution in [1.29, 1.82) is 0 Å². The van der Waals surface area contributed by atoms with Crippen molar-refractivity contribution in [3.05, 3.63) is 69.9 Å². The average molecular weight is 457 g/mol. The van der Waals surface area contributed by atoms with Crippen LogP contribution in [0.5, 0.6) is 0 Å². The Morgan fingerprint density at radius 1 is 1.00 bits per heavy atom. The Kier molecular flexibility index (Phi) is 5.74. The van der Waals surface area contributed by atoms with Crippen molar-refractivity contribution in [1.82, 2.24) is 13.8 Å². The van der Waals surface area contributed by atoms with Gasteiger partial charge >= 0.3 is 0 Å². The van der Waals surface area contributed by atoms with Gasteiger partial charge in [-0.05, 0) is 49.2 Å². The fourth-order valence-electron chi connectivity index (χ4n) is 3.89. The second-order valence-electron chi connectivity index (χ2n) is 7.97. The van der Waals surface area contributed by atoms with Crippen LogP contribution < -0.4 is 0 Å². The zero-order valence-corrected chi connectivity index (χ0v) is 18.7. The molecule has 0 radical (unpaired) electrons. The molecule has 32 heavy (non-hydrogen) atoms. The number of hydrogen-bond donors (Lipinski definition) is 0. The zero-order chi connectivity index (χ0) is 23.0. The summed E-state index contributed by atoms with van der Waals surface area (Å²) in [6, 6.07) is 11.4. The van der Waals surface area contributed by atoms with Crippen LogP contribution in [0.4, 0.5) is 5.69 Å². The number of fused-ring (bicyclic) bond motifs is 1. The Morgan fingerprint density at radius 2 is 1.72 bits per heavy atom. The summed E-state index contributed by atoms with van der Waals surface area (Å²) in [4.78, 5) is 25.2. The number of sulfonamides is 1. The third-order valence-electron chi connectivity index (χ3n) is 5.98. The van der Waals surface area contributed by atoms with E-state index in [1.54, 1.807) is 46.0 Å². The van der Waals surface area contributed by atoms with Gasteiger partial charge in [0.25, 0.3) is 5.69 Å². The molecule has 1 saturated heterocycles. The first-order valence-electron chi connectivity index (χ1n) is 10.3. The summed E-state index contributed by atoms with van der Waals surface area (Å²) < 4.78 is 29.1. The summed E-state index contributed by atoms with van der Waals surface area (Å²) >= 11 is 0. The highest BCUT2D eigenvalue weighted by Gasteiger charge is 2.30. The third kappa shape index (κ3) is 4.11. The molecule has 1 aliphatic rings. The number of benzene rings is 2. The summed E-state index contributed by atoms with van der Waals surface area (Å²) in [5.41, 5.74) is 2.69. The lowest BCUT2D eigenvalue weighted by Crippen LogP contribution is -2.51. The van der Waals surface area contributed by atoms with Gasteiger partial charge in [0.1, 0.15) is 6.54 Å². The lowest BCUT2D eigenvalue weighted by molar-refractivity contribution is -0.384. The predicted molar refractivity (Wildman–Crippen MR) is 120 cm³/mol. The standard InChI is InChI=1S/C22H24N4O5S/c1-16-3-5-20(13-17(16)2)32(30,31)25-11-9-23(10-12-25)22(27)15-24-8-7-18-14-19(26(28)29)4-6-21(18)24/h3-8,13-14H,9-12,15H2,1-2H3. The van der Waals surface area contributed by atoms with Crippen LogP contribution in [-0.4, -0.2) is 59.2 Å². The van der Waals surface area contributed by atoms with Gasteiger partial charge in [-0.3, -0.25) is 14.9 Å². The highest BCUT2D eigenvalue weighted by Crippen LogP contribution is 2.23. The molecule has 10 heteroatoms. The SMILES string of the molecule is Cc1ccc(S(=O)(=O)N2CCN(C(=O)Cn3ccc4cc([N+](=O)[O-])ccc43)CC2)cc1C. The van der Waals surface area contributed by atoms with Gasteiger partial charge in [-0.15, -0.1) is 0 Å². The van der Waals surface area contributed by atoms with E-state index in [9.17, 15) is 23.3 Å². The molecule has 168 valence electrons. The van der Waals surface area contributed by atoms with Crippen LogP contribution >= 0.6 is 0 Å². The van der Waals surface area contributed by atoms with Gasteiger partial charge in [-0.1, -0.05) is 6.07 Å². The molecule has 1 aromatic heterocycles. The molecule has 3 aromatic rings. The van der Waals surface area contributed by atoms with Gasteiger partial charge in [0.2, 0.25) is 15.9 Å². The second kappa shape index (κ2) is 8.36. The number of aryl methyl sites for hydroxylation is 2. The minimum atomic E-state index is -3.61. The van der Waals surface area contributed by atoms with Gasteiger partial charge in [0.15, 0.2) is 0 Å². The highest BCUT2D eigenvalue weighted by molar-refractivity contribution is 7.89. The first-order valence-corrected chi connectivity index (χ1v) is 11.7. The van der Waals surface area contributed by atoms with Crippen molar-refractivity contribution in [2.45, 2.75) is 25.3 Å². The van der Waals surface area contributed by atoms with E-state index in [1.165, 1.54) is 16.4 Å². The molecule has 4 rings (SSSR count). The number of amides is 1. The number of hydrogen-bond acceptors (Lipinski definition) is 5. The second-order valence-corrected chi connectivity index (χ2v) is 9.91. The molecule has 0 bridgehead atoms. The Morgan fingerprint density at radius 3 is 2.38 bits per heavy atom. The molecule has 2 heterocycles. The molecule has 9 nitrogen and oxygen atoms in total. The van der Waals surface area contributed by atoms with Gasteiger partial charge in [-0.25, -0.2) is 8.42 Å². The predicted octanol–water partition coefficient (Wildman–Crippen LogP) is 2.70. The lowest BCUT2D eigenvalue weighted by atomic mass is 10.1. The van der Waals surface area contributed by atoms with Crippen molar-refractivity contribution >= 4 is 32.5 Å². The van der Waals surface area contributed by atoms with Crippen LogP contribution in [0.25, 0.3) is 10.9 Å². The van der Waals surface area contributed by atoms with Gasteiger partial charge in [-0.2, -0.15) is 4.31 Å². The number of non-ortho nitro benzene ring substituents is 1. The maximum Gasteiger partial charge on any atom is 0.270 e. The molecular weight excluding hydrogens is 432 g/mol. The van der Waals surface area contributed by atoms with E-state index in [0.29, 0.717) is 18.5 Å². The minimum Gasteiger partial charge on any atom is -0.339 e. The number of nitro groups is 1. The number of nitrogens with zero attached hydrogens (tertiary/aromatic N) is 4. The first-order chi connectivity index (χ1) is 15.2. The van der Waals surface area contributed by atoms with E-state index in [2.05, 4.69) is 0 Å². The summed E-state index contributed by atoms with van der Waals surface area (Å²) in [7, 11) is -3.61. The Labute approximate surface area is 186 Å². The molecular formula is C22H24N4O5S. The van der Waals surface area contributed by atoms with Gasteiger partial charge in [0, 0.05) is 55.4 Å². The van der Waals surface area contributed by atoms with E-state index in [0.717, 1.165) is 16.6 Å². The van der Waals surface area contributed by atoms with E-state index < -0.39 is 14.9 Å². The Bertz CT molecular complexity index is 1310. The van der Waals surface area contributed by atoms with E-state index in [-0.39, 0.29) is 36.1 Å². The van der Waals surface area contributed by atoms with Crippen LogP contribution in [0, 0.1) is 24.0 Å². The van der Waals surface area contributed by atoms with E-state index >= 15 is 0 Å². The zero-order valence-electron chi connectivity index (χ0n) is 17.9. The molecule has 0 unspecified atom stereocenters. The van der Waals surface area contributed by atoms with Crippen LogP contribution in [-0.2, 0) is 21.4 Å². The average Bonchev–Trinajstić information content (AvgIpc) is 3.17. The number of carbonyl (C=O) groups is 1. The highest BCUT2D eigenvalue weighted by atomic mass is 32.2. The number of nitro benzene ring substituents is 1. The normalized spacial score (nSPS) is 15.2. The number of rotatable bonds is 5. The van der Waals surface area contributed by atoms with Gasteiger partial charge in [0.05, 0.1) is 9.82 Å². The number of aromatic nitrogens is 1. The van der Waals surface area contributed by atoms with Crippen LogP contribution in [0.1, 0.15) is 11.1 Å². The third-order valence-corrected chi connectivity index (χ3v) is 7.87. The van der Waals surface area contributed by atoms with Crippen molar-refractivity contribution in [2.75, 3.05) is 26.2 Å². The minimum absolute atomic E-state index is 0.00248. The monoisotopic (exact) mass is 456 g/mol. The quantitative estimate of drug-likeness (QED) is 0.434. The Hall–Kier alpha value is -3.24. The largest absolute Gasteiger partial charge is 0.339 e. The molecule has 1 fully saturated rings. The topological polar surface area (TPSA) is 106 Å². The summed E-state index contributed by atoms with van der Waals surface area (Å²) in [6.45, 7) is 5.00. The molecule has 2 aromatic carbocycles. The summed E-state index contributed by atoms with van der Waals surface area (Å²) in [5, 5.41) is 11.6. The van der Waals surface area contributed by atoms with Crippen molar-refractivity contribution in [3.8, 4) is 0 Å². The number of carbonyl (C=O) groups excluding carboxylic acids is 1. The van der Waals surface area contributed by atoms with E-state index in [1.807, 2.05) is 13.8 Å². The smallest absolute Gasteiger partial charge is 0.270 e. The van der Waals surface area contributed by atoms with Crippen molar-refractivity contribution in [2.24, 2.45) is 0 Å². The van der Waals surface area contributed by atoms with Crippen molar-refractivity contribution < 1.29 is 18.1 Å². The van der Waals surface area contributed by atoms with Crippen LogP contribution in [0.3, 0.4) is 0 Å². The molecule has 0 saturated carbocycles. The molecule has 0 atom stereocenters. The maximum absolute atomic E-state index is 13.0. The Balaban J connectivity index is 1.42. The summed E-state index contributed by atoms with van der Waals surface area (Å²) in [6.07, 6.45) is 1.73. The van der Waals surface area contributed by atoms with Crippen LogP contribution in [0.2, 0.25) is 0 Å². The maximum atomic E-state index is 13.0. The summed E-state index contributed by atoms with van der Waals surface area (Å²) in [5.74, 6) is -0.121. The molecule has 0 spiro atoms. The lowest BCUT2D eigenvalue weighted by Gasteiger charge is -2.34. The first kappa shape index (κ1) is 22.0. The van der Waals surface area contributed by atoms with Gasteiger partial charge < -0.3 is 9.47 Å². The van der Waals surface area contributed by atoms with Crippen molar-refractivity contribution in [3.63, 3.8) is 0 Å². The molecule has 1 amide bonds. The van der Waals surface area contributed by atoms with Crippen LogP contribution in [0.15, 0.2) is 53.6 Å². The number of piperazine rings is 1. The van der Waals surface area contributed by atoms with E-state index in [4.69, 9.17) is 0 Å². The molecule has 0 aliphatic carbocycles. The molecule has 0 N–H and O–H groups in total.